The predicted octanol–water partition coefficient (Wildman–Crippen LogP) is 3.44. The van der Waals surface area contributed by atoms with Crippen LogP contribution in [0.15, 0.2) is 48.5 Å². The summed E-state index contributed by atoms with van der Waals surface area (Å²) in [6, 6.07) is 16.3. The second-order valence-corrected chi connectivity index (χ2v) is 6.42. The van der Waals surface area contributed by atoms with E-state index in [1.165, 1.54) is 10.1 Å². The molecular formula is C17H14N2OS. The minimum absolute atomic E-state index is 0.0533. The SMILES string of the molecule is NC(c1ccc2c(c1)CC(=O)N2)c1cc2ccccc2s1. The summed E-state index contributed by atoms with van der Waals surface area (Å²) in [5, 5.41) is 4.08. The van der Waals surface area contributed by atoms with Crippen molar-refractivity contribution in [3.05, 3.63) is 64.5 Å². The summed E-state index contributed by atoms with van der Waals surface area (Å²) in [5.41, 5.74) is 9.41. The van der Waals surface area contributed by atoms with Crippen LogP contribution < -0.4 is 11.1 Å². The highest BCUT2D eigenvalue weighted by Gasteiger charge is 2.20. The average molecular weight is 294 g/mol. The Bertz CT molecular complexity index is 820. The van der Waals surface area contributed by atoms with Gasteiger partial charge < -0.3 is 11.1 Å². The molecule has 0 bridgehead atoms. The molecule has 0 spiro atoms. The highest BCUT2D eigenvalue weighted by Crippen LogP contribution is 2.33. The number of fused-ring (bicyclic) bond motifs is 2. The first-order valence-electron chi connectivity index (χ1n) is 6.87. The lowest BCUT2D eigenvalue weighted by molar-refractivity contribution is -0.115. The van der Waals surface area contributed by atoms with Crippen molar-refractivity contribution in [3.63, 3.8) is 0 Å². The number of nitrogens with two attached hydrogens (primary N) is 1. The number of nitrogens with one attached hydrogen (secondary N) is 1. The molecule has 4 rings (SSSR count). The van der Waals surface area contributed by atoms with Crippen LogP contribution in [0.1, 0.15) is 22.0 Å². The van der Waals surface area contributed by atoms with Gasteiger partial charge in [0.15, 0.2) is 0 Å². The summed E-state index contributed by atoms with van der Waals surface area (Å²) in [4.78, 5) is 12.6. The lowest BCUT2D eigenvalue weighted by Gasteiger charge is -2.11. The number of amides is 1. The molecule has 1 atom stereocenters. The summed E-state index contributed by atoms with van der Waals surface area (Å²) in [6.07, 6.45) is 0.447. The molecule has 0 radical (unpaired) electrons. The molecule has 21 heavy (non-hydrogen) atoms. The van der Waals surface area contributed by atoms with E-state index in [-0.39, 0.29) is 11.9 Å². The van der Waals surface area contributed by atoms with Crippen molar-refractivity contribution in [3.8, 4) is 0 Å². The molecule has 2 heterocycles. The van der Waals surface area contributed by atoms with Crippen molar-refractivity contribution in [2.45, 2.75) is 12.5 Å². The fourth-order valence-electron chi connectivity index (χ4n) is 2.76. The Morgan fingerprint density at radius 2 is 2.00 bits per heavy atom. The highest BCUT2D eigenvalue weighted by atomic mass is 32.1. The van der Waals surface area contributed by atoms with Crippen LogP contribution in [0.2, 0.25) is 0 Å². The molecule has 3 aromatic rings. The first-order chi connectivity index (χ1) is 10.2. The van der Waals surface area contributed by atoms with Crippen LogP contribution >= 0.6 is 11.3 Å². The van der Waals surface area contributed by atoms with E-state index in [2.05, 4.69) is 23.5 Å². The number of carbonyl (C=O) groups is 1. The Hall–Kier alpha value is -2.17. The van der Waals surface area contributed by atoms with Crippen molar-refractivity contribution < 1.29 is 4.79 Å². The van der Waals surface area contributed by atoms with Crippen molar-refractivity contribution in [2.75, 3.05) is 5.32 Å². The second-order valence-electron chi connectivity index (χ2n) is 5.31. The zero-order valence-corrected chi connectivity index (χ0v) is 12.1. The predicted molar refractivity (Wildman–Crippen MR) is 86.6 cm³/mol. The molecule has 3 nitrogen and oxygen atoms in total. The van der Waals surface area contributed by atoms with E-state index >= 15 is 0 Å². The van der Waals surface area contributed by atoms with Gasteiger partial charge in [-0.2, -0.15) is 0 Å². The van der Waals surface area contributed by atoms with Crippen molar-refractivity contribution in [1.29, 1.82) is 0 Å². The van der Waals surface area contributed by atoms with Crippen LogP contribution in [0, 0.1) is 0 Å². The third-order valence-corrected chi connectivity index (χ3v) is 5.06. The molecule has 1 aliphatic rings. The van der Waals surface area contributed by atoms with Crippen LogP contribution in [0.3, 0.4) is 0 Å². The van der Waals surface area contributed by atoms with E-state index in [9.17, 15) is 4.79 Å². The van der Waals surface area contributed by atoms with Gasteiger partial charge in [-0.3, -0.25) is 4.79 Å². The van der Waals surface area contributed by atoms with Crippen molar-refractivity contribution in [1.82, 2.24) is 0 Å². The maximum Gasteiger partial charge on any atom is 0.228 e. The molecule has 3 N–H and O–H groups in total. The number of rotatable bonds is 2. The Labute approximate surface area is 126 Å². The van der Waals surface area contributed by atoms with E-state index < -0.39 is 0 Å². The molecular weight excluding hydrogens is 280 g/mol. The quantitative estimate of drug-likeness (QED) is 0.760. The van der Waals surface area contributed by atoms with Crippen LogP contribution in [0.5, 0.6) is 0 Å². The molecule has 4 heteroatoms. The lowest BCUT2D eigenvalue weighted by atomic mass is 10.0. The first kappa shape index (κ1) is 12.6. The zero-order valence-electron chi connectivity index (χ0n) is 11.3. The van der Waals surface area contributed by atoms with E-state index in [0.29, 0.717) is 6.42 Å². The van der Waals surface area contributed by atoms with E-state index in [0.717, 1.165) is 21.7 Å². The molecule has 0 aliphatic carbocycles. The maximum atomic E-state index is 11.4. The van der Waals surface area contributed by atoms with E-state index in [1.54, 1.807) is 11.3 Å². The Morgan fingerprint density at radius 1 is 1.14 bits per heavy atom. The minimum Gasteiger partial charge on any atom is -0.326 e. The zero-order chi connectivity index (χ0) is 14.4. The van der Waals surface area contributed by atoms with Gasteiger partial charge in [0.25, 0.3) is 0 Å². The van der Waals surface area contributed by atoms with Crippen LogP contribution in [0.25, 0.3) is 10.1 Å². The lowest BCUT2D eigenvalue weighted by Crippen LogP contribution is -2.10. The third kappa shape index (κ3) is 2.13. The van der Waals surface area contributed by atoms with E-state index in [1.807, 2.05) is 30.3 Å². The van der Waals surface area contributed by atoms with Gasteiger partial charge in [0.2, 0.25) is 5.91 Å². The summed E-state index contributed by atoms with van der Waals surface area (Å²) in [5.74, 6) is 0.0533. The van der Waals surface area contributed by atoms with Crippen LogP contribution in [-0.4, -0.2) is 5.91 Å². The summed E-state index contributed by atoms with van der Waals surface area (Å²) in [6.45, 7) is 0. The molecule has 2 aromatic carbocycles. The summed E-state index contributed by atoms with van der Waals surface area (Å²) in [7, 11) is 0. The van der Waals surface area contributed by atoms with Crippen molar-refractivity contribution >= 4 is 33.0 Å². The number of hydrogen-bond acceptors (Lipinski definition) is 3. The Morgan fingerprint density at radius 3 is 2.86 bits per heavy atom. The van der Waals surface area contributed by atoms with Gasteiger partial charge in [0.1, 0.15) is 0 Å². The first-order valence-corrected chi connectivity index (χ1v) is 7.69. The molecule has 0 fully saturated rings. The highest BCUT2D eigenvalue weighted by molar-refractivity contribution is 7.19. The Kier molecular flexibility index (Phi) is 2.80. The average Bonchev–Trinajstić information content (AvgIpc) is 3.07. The van der Waals surface area contributed by atoms with Crippen LogP contribution in [0.4, 0.5) is 5.69 Å². The molecule has 1 amide bonds. The van der Waals surface area contributed by atoms with Gasteiger partial charge >= 0.3 is 0 Å². The number of anilines is 1. The number of thiophene rings is 1. The largest absolute Gasteiger partial charge is 0.326 e. The van der Waals surface area contributed by atoms with Gasteiger partial charge in [-0.15, -0.1) is 11.3 Å². The third-order valence-electron chi connectivity index (χ3n) is 3.86. The smallest absolute Gasteiger partial charge is 0.228 e. The van der Waals surface area contributed by atoms with E-state index in [4.69, 9.17) is 5.73 Å². The van der Waals surface area contributed by atoms with Crippen LogP contribution in [-0.2, 0) is 11.2 Å². The number of hydrogen-bond donors (Lipinski definition) is 2. The Balaban J connectivity index is 1.73. The number of carbonyl (C=O) groups excluding carboxylic acids is 1. The monoisotopic (exact) mass is 294 g/mol. The second kappa shape index (κ2) is 4.69. The molecule has 1 aromatic heterocycles. The molecule has 1 unspecified atom stereocenters. The summed E-state index contributed by atoms with van der Waals surface area (Å²) >= 11 is 1.73. The fraction of sp³-hybridized carbons (Fsp3) is 0.118. The molecule has 0 saturated carbocycles. The van der Waals surface area contributed by atoms with Gasteiger partial charge in [0.05, 0.1) is 12.5 Å². The van der Waals surface area contributed by atoms with Gasteiger partial charge in [-0.05, 0) is 34.7 Å². The summed E-state index contributed by atoms with van der Waals surface area (Å²) < 4.78 is 1.25. The molecule has 104 valence electrons. The van der Waals surface area contributed by atoms with Gasteiger partial charge in [-0.1, -0.05) is 30.3 Å². The fourth-order valence-corrected chi connectivity index (χ4v) is 3.86. The normalized spacial score (nSPS) is 15.0. The van der Waals surface area contributed by atoms with Crippen molar-refractivity contribution in [2.24, 2.45) is 5.73 Å². The molecule has 0 saturated heterocycles. The van der Waals surface area contributed by atoms with Gasteiger partial charge in [0, 0.05) is 15.3 Å². The number of benzene rings is 2. The van der Waals surface area contributed by atoms with Gasteiger partial charge in [-0.25, -0.2) is 0 Å². The topological polar surface area (TPSA) is 55.1 Å². The standard InChI is InChI=1S/C17H14N2OS/c18-17(15-8-10-3-1-2-4-14(10)21-15)11-5-6-13-12(7-11)9-16(20)19-13/h1-8,17H,9,18H2,(H,19,20). The minimum atomic E-state index is -0.150. The molecule has 1 aliphatic heterocycles. The maximum absolute atomic E-state index is 11.4.